The molecule has 2 heteroatoms. The Morgan fingerprint density at radius 2 is 1.91 bits per heavy atom. The van der Waals surface area contributed by atoms with E-state index in [-0.39, 0.29) is 0 Å². The topological polar surface area (TPSA) is 23.8 Å². The Morgan fingerprint density at radius 3 is 2.50 bits per heavy atom. The van der Waals surface area contributed by atoms with Crippen LogP contribution in [0, 0.1) is 17.2 Å². The van der Waals surface area contributed by atoms with E-state index in [2.05, 4.69) is 31.2 Å². The molecule has 1 saturated carbocycles. The summed E-state index contributed by atoms with van der Waals surface area (Å²) in [6.07, 6.45) is 12.0. The van der Waals surface area contributed by atoms with Gasteiger partial charge in [0.05, 0.1) is 0 Å². The minimum atomic E-state index is -0.725. The molecule has 0 aromatic heterocycles. The summed E-state index contributed by atoms with van der Waals surface area (Å²) in [6, 6.07) is 10.6. The van der Waals surface area contributed by atoms with Gasteiger partial charge in [-0.1, -0.05) is 49.8 Å². The van der Waals surface area contributed by atoms with Gasteiger partial charge < -0.3 is 0 Å². The second-order valence-corrected chi connectivity index (χ2v) is 6.11. The van der Waals surface area contributed by atoms with Gasteiger partial charge in [-0.3, -0.25) is 0 Å². The van der Waals surface area contributed by atoms with Crippen molar-refractivity contribution in [1.82, 2.24) is 0 Å². The molecule has 0 N–H and O–H groups in total. The van der Waals surface area contributed by atoms with Gasteiger partial charge in [-0.05, 0) is 61.1 Å². The summed E-state index contributed by atoms with van der Waals surface area (Å²) >= 11 is 0. The largest absolute Gasteiger partial charge is 0.199 e. The highest BCUT2D eigenvalue weighted by Gasteiger charge is 2.20. The average Bonchev–Trinajstić information content (AvgIpc) is 2.56. The number of nitriles is 1. The summed E-state index contributed by atoms with van der Waals surface area (Å²) in [5, 5.41) is 8.36. The average molecular weight is 297 g/mol. The molecule has 0 amide bonds. The van der Waals surface area contributed by atoms with Crippen LogP contribution in [0.4, 0.5) is 4.39 Å². The van der Waals surface area contributed by atoms with Gasteiger partial charge in [0.25, 0.3) is 0 Å². The van der Waals surface area contributed by atoms with Crippen LogP contribution in [0.3, 0.4) is 0 Å². The molecule has 1 aromatic rings. The number of rotatable bonds is 5. The van der Waals surface area contributed by atoms with Crippen LogP contribution in [0.1, 0.15) is 56.1 Å². The Bertz CT molecular complexity index is 554. The first-order valence-corrected chi connectivity index (χ1v) is 8.25. The van der Waals surface area contributed by atoms with Crippen LogP contribution in [0.25, 0.3) is 0 Å². The highest BCUT2D eigenvalue weighted by molar-refractivity contribution is 5.26. The summed E-state index contributed by atoms with van der Waals surface area (Å²) < 4.78 is 12.7. The SMILES string of the molecule is CCCc1ccc([C@H]2CC[C@H](/C=C/C=C(\F)C#N)CC2)cc1. The zero-order chi connectivity index (χ0) is 15.8. The van der Waals surface area contributed by atoms with Crippen LogP contribution in [0.5, 0.6) is 0 Å². The van der Waals surface area contributed by atoms with Crippen LogP contribution in [0.15, 0.2) is 48.3 Å². The fourth-order valence-electron chi connectivity index (χ4n) is 3.22. The number of nitrogens with zero attached hydrogens (tertiary/aromatic N) is 1. The molecule has 0 saturated heterocycles. The molecule has 1 aromatic carbocycles. The van der Waals surface area contributed by atoms with Crippen LogP contribution in [0.2, 0.25) is 0 Å². The summed E-state index contributed by atoms with van der Waals surface area (Å²) in [6.45, 7) is 2.21. The smallest absolute Gasteiger partial charge is 0.195 e. The van der Waals surface area contributed by atoms with Crippen molar-refractivity contribution in [2.24, 2.45) is 5.92 Å². The van der Waals surface area contributed by atoms with Gasteiger partial charge in [0.15, 0.2) is 5.83 Å². The van der Waals surface area contributed by atoms with E-state index in [0.717, 1.165) is 19.3 Å². The molecule has 1 aliphatic rings. The van der Waals surface area contributed by atoms with Gasteiger partial charge in [-0.25, -0.2) is 0 Å². The van der Waals surface area contributed by atoms with Crippen LogP contribution in [-0.4, -0.2) is 0 Å². The first-order valence-electron chi connectivity index (χ1n) is 8.25. The monoisotopic (exact) mass is 297 g/mol. The van der Waals surface area contributed by atoms with Gasteiger partial charge in [-0.2, -0.15) is 9.65 Å². The number of benzene rings is 1. The Labute approximate surface area is 133 Å². The van der Waals surface area contributed by atoms with Crippen molar-refractivity contribution in [3.63, 3.8) is 0 Å². The van der Waals surface area contributed by atoms with Crippen LogP contribution in [-0.2, 0) is 6.42 Å². The Morgan fingerprint density at radius 1 is 1.23 bits per heavy atom. The third-order valence-corrected chi connectivity index (χ3v) is 4.49. The number of aryl methyl sites for hydroxylation is 1. The summed E-state index contributed by atoms with van der Waals surface area (Å²) in [4.78, 5) is 0. The predicted octanol–water partition coefficient (Wildman–Crippen LogP) is 5.85. The molecule has 22 heavy (non-hydrogen) atoms. The van der Waals surface area contributed by atoms with E-state index in [1.807, 2.05) is 6.08 Å². The molecule has 1 fully saturated rings. The highest BCUT2D eigenvalue weighted by Crippen LogP contribution is 2.36. The van der Waals surface area contributed by atoms with Gasteiger partial charge >= 0.3 is 0 Å². The van der Waals surface area contributed by atoms with Crippen molar-refractivity contribution < 1.29 is 4.39 Å². The molecule has 1 nitrogen and oxygen atoms in total. The zero-order valence-corrected chi connectivity index (χ0v) is 13.3. The lowest BCUT2D eigenvalue weighted by Gasteiger charge is -2.27. The lowest BCUT2D eigenvalue weighted by molar-refractivity contribution is 0.376. The number of halogens is 1. The standard InChI is InChI=1S/C20H24FN/c1-2-4-16-7-11-18(12-8-16)19-13-9-17(10-14-19)5-3-6-20(21)15-22/h3,5-8,11-12,17,19H,2,4,9-10,13-14H2,1H3/b5-3+,20-6-/t17-,19-. The van der Waals surface area contributed by atoms with E-state index in [4.69, 9.17) is 5.26 Å². The van der Waals surface area contributed by atoms with Crippen molar-refractivity contribution in [2.45, 2.75) is 51.4 Å². The van der Waals surface area contributed by atoms with Crippen molar-refractivity contribution in [3.05, 3.63) is 59.4 Å². The molecule has 0 bridgehead atoms. The molecule has 2 rings (SSSR count). The fourth-order valence-corrected chi connectivity index (χ4v) is 3.22. The Balaban J connectivity index is 1.85. The second-order valence-electron chi connectivity index (χ2n) is 6.11. The molecule has 0 heterocycles. The summed E-state index contributed by atoms with van der Waals surface area (Å²) in [5.41, 5.74) is 2.88. The summed E-state index contributed by atoms with van der Waals surface area (Å²) in [7, 11) is 0. The first kappa shape index (κ1) is 16.5. The predicted molar refractivity (Wildman–Crippen MR) is 89.1 cm³/mol. The summed E-state index contributed by atoms with van der Waals surface area (Å²) in [5.74, 6) is 0.446. The maximum Gasteiger partial charge on any atom is 0.199 e. The van der Waals surface area contributed by atoms with Crippen molar-refractivity contribution in [2.75, 3.05) is 0 Å². The fraction of sp³-hybridized carbons (Fsp3) is 0.450. The number of hydrogen-bond donors (Lipinski definition) is 0. The zero-order valence-electron chi connectivity index (χ0n) is 13.3. The van der Waals surface area contributed by atoms with E-state index in [1.165, 1.54) is 42.5 Å². The number of hydrogen-bond acceptors (Lipinski definition) is 1. The van der Waals surface area contributed by atoms with Crippen LogP contribution < -0.4 is 0 Å². The Hall–Kier alpha value is -1.88. The van der Waals surface area contributed by atoms with Crippen molar-refractivity contribution in [3.8, 4) is 6.07 Å². The van der Waals surface area contributed by atoms with Gasteiger partial charge in [0.1, 0.15) is 6.07 Å². The van der Waals surface area contributed by atoms with Gasteiger partial charge in [0.2, 0.25) is 0 Å². The molecule has 0 radical (unpaired) electrons. The molecule has 116 valence electrons. The molecule has 0 aliphatic heterocycles. The molecular weight excluding hydrogens is 273 g/mol. The van der Waals surface area contributed by atoms with Crippen molar-refractivity contribution in [1.29, 1.82) is 5.26 Å². The van der Waals surface area contributed by atoms with Gasteiger partial charge in [-0.15, -0.1) is 0 Å². The maximum atomic E-state index is 12.7. The quantitative estimate of drug-likeness (QED) is 0.494. The van der Waals surface area contributed by atoms with E-state index in [0.29, 0.717) is 11.8 Å². The molecular formula is C20H24FN. The third kappa shape index (κ3) is 4.84. The highest BCUT2D eigenvalue weighted by atomic mass is 19.1. The third-order valence-electron chi connectivity index (χ3n) is 4.49. The van der Waals surface area contributed by atoms with E-state index in [9.17, 15) is 4.39 Å². The minimum absolute atomic E-state index is 0.512. The van der Waals surface area contributed by atoms with E-state index >= 15 is 0 Å². The molecule has 0 unspecified atom stereocenters. The molecule has 0 spiro atoms. The maximum absolute atomic E-state index is 12.7. The van der Waals surface area contributed by atoms with Crippen molar-refractivity contribution >= 4 is 0 Å². The molecule has 0 atom stereocenters. The molecule has 1 aliphatic carbocycles. The lowest BCUT2D eigenvalue weighted by atomic mass is 9.78. The minimum Gasteiger partial charge on any atom is -0.195 e. The number of allylic oxidation sites excluding steroid dienone is 4. The van der Waals surface area contributed by atoms with Gasteiger partial charge in [0, 0.05) is 0 Å². The van der Waals surface area contributed by atoms with E-state index < -0.39 is 5.83 Å². The van der Waals surface area contributed by atoms with Crippen LogP contribution >= 0.6 is 0 Å². The second kappa shape index (κ2) is 8.54. The normalized spacial score (nSPS) is 22.7. The lowest BCUT2D eigenvalue weighted by Crippen LogP contribution is -2.11. The first-order chi connectivity index (χ1) is 10.7. The Kier molecular flexibility index (Phi) is 6.40. The van der Waals surface area contributed by atoms with E-state index in [1.54, 1.807) is 6.08 Å².